The smallest absolute Gasteiger partial charge is 0.137 e. The predicted molar refractivity (Wildman–Crippen MR) is 87.2 cm³/mol. The molecule has 0 radical (unpaired) electrons. The molecule has 4 nitrogen and oxygen atoms in total. The molecule has 3 aromatic rings. The van der Waals surface area contributed by atoms with Crippen LogP contribution in [0.25, 0.3) is 10.6 Å². The van der Waals surface area contributed by atoms with E-state index in [-0.39, 0.29) is 0 Å². The van der Waals surface area contributed by atoms with Crippen LogP contribution in [0.3, 0.4) is 0 Å². The summed E-state index contributed by atoms with van der Waals surface area (Å²) in [5.74, 6) is 0.671. The molecule has 0 aliphatic carbocycles. The molecule has 0 unspecified atom stereocenters. The molecule has 3 rings (SSSR count). The molecular weight excluding hydrogens is 306 g/mol. The fourth-order valence-corrected chi connectivity index (χ4v) is 3.07. The van der Waals surface area contributed by atoms with Gasteiger partial charge in [0, 0.05) is 17.8 Å². The van der Waals surface area contributed by atoms with Crippen LogP contribution in [-0.4, -0.2) is 17.3 Å². The molecule has 0 spiro atoms. The van der Waals surface area contributed by atoms with Gasteiger partial charge in [-0.15, -0.1) is 11.3 Å². The van der Waals surface area contributed by atoms with E-state index in [0.29, 0.717) is 17.3 Å². The normalized spacial score (nSPS) is 10.6. The molecule has 108 valence electrons. The first kappa shape index (κ1) is 14.0. The molecule has 1 aromatic carbocycles. The van der Waals surface area contributed by atoms with Gasteiger partial charge >= 0.3 is 0 Å². The van der Waals surface area contributed by atoms with Gasteiger partial charge in [0.25, 0.3) is 0 Å². The quantitative estimate of drug-likeness (QED) is 0.732. The van der Waals surface area contributed by atoms with Crippen LogP contribution in [0, 0.1) is 0 Å². The van der Waals surface area contributed by atoms with Crippen molar-refractivity contribution in [1.82, 2.24) is 10.2 Å². The Morgan fingerprint density at radius 1 is 1.38 bits per heavy atom. The van der Waals surface area contributed by atoms with Crippen LogP contribution in [0.2, 0.25) is 5.02 Å². The highest BCUT2D eigenvalue weighted by Crippen LogP contribution is 2.29. The zero-order valence-electron chi connectivity index (χ0n) is 11.4. The van der Waals surface area contributed by atoms with Crippen LogP contribution < -0.4 is 10.1 Å². The monoisotopic (exact) mass is 319 g/mol. The molecule has 0 fully saturated rings. The van der Waals surface area contributed by atoms with E-state index < -0.39 is 0 Å². The summed E-state index contributed by atoms with van der Waals surface area (Å²) >= 11 is 7.81. The topological polar surface area (TPSA) is 49.9 Å². The summed E-state index contributed by atoms with van der Waals surface area (Å²) in [6.45, 7) is 0.673. The van der Waals surface area contributed by atoms with E-state index in [1.807, 2.05) is 30.5 Å². The Kier molecular flexibility index (Phi) is 4.13. The second-order valence-electron chi connectivity index (χ2n) is 4.45. The van der Waals surface area contributed by atoms with Gasteiger partial charge in [-0.2, -0.15) is 5.10 Å². The van der Waals surface area contributed by atoms with E-state index in [1.165, 1.54) is 4.88 Å². The lowest BCUT2D eigenvalue weighted by Gasteiger charge is -2.09. The number of aromatic amines is 1. The van der Waals surface area contributed by atoms with Crippen LogP contribution in [0.1, 0.15) is 5.56 Å². The van der Waals surface area contributed by atoms with Gasteiger partial charge in [-0.05, 0) is 29.6 Å². The third kappa shape index (κ3) is 3.04. The molecular formula is C15H14ClN3OS. The van der Waals surface area contributed by atoms with Crippen molar-refractivity contribution in [3.05, 3.63) is 52.5 Å². The maximum absolute atomic E-state index is 6.12. The minimum atomic E-state index is 0.591. The molecule has 2 heterocycles. The van der Waals surface area contributed by atoms with Crippen molar-refractivity contribution < 1.29 is 4.74 Å². The number of halogens is 1. The highest BCUT2D eigenvalue weighted by Gasteiger charge is 2.09. The summed E-state index contributed by atoms with van der Waals surface area (Å²) in [7, 11) is 1.60. The van der Waals surface area contributed by atoms with Crippen molar-refractivity contribution in [2.24, 2.45) is 0 Å². The second kappa shape index (κ2) is 6.20. The van der Waals surface area contributed by atoms with Crippen molar-refractivity contribution in [1.29, 1.82) is 0 Å². The summed E-state index contributed by atoms with van der Waals surface area (Å²) in [6.07, 6.45) is 1.84. The van der Waals surface area contributed by atoms with Gasteiger partial charge in [0.05, 0.1) is 28.9 Å². The standard InChI is InChI=1S/C15H14ClN3OS/c1-20-13-5-4-11(7-12(13)16)17-8-10-9-18-19-15(10)14-3-2-6-21-14/h2-7,9,17H,8H2,1H3,(H,18,19). The minimum Gasteiger partial charge on any atom is -0.495 e. The first-order valence-corrected chi connectivity index (χ1v) is 7.67. The van der Waals surface area contributed by atoms with Gasteiger partial charge in [-0.1, -0.05) is 17.7 Å². The summed E-state index contributed by atoms with van der Waals surface area (Å²) < 4.78 is 5.15. The Hall–Kier alpha value is -1.98. The number of benzene rings is 1. The molecule has 0 atom stereocenters. The number of hydrogen-bond donors (Lipinski definition) is 2. The molecule has 0 saturated carbocycles. The van der Waals surface area contributed by atoms with Crippen LogP contribution in [-0.2, 0) is 6.54 Å². The molecule has 2 N–H and O–H groups in total. The van der Waals surface area contributed by atoms with Crippen LogP contribution in [0.4, 0.5) is 5.69 Å². The number of thiophene rings is 1. The number of rotatable bonds is 5. The first-order valence-electron chi connectivity index (χ1n) is 6.41. The molecule has 0 saturated heterocycles. The molecule has 0 aliphatic rings. The zero-order valence-corrected chi connectivity index (χ0v) is 13.0. The maximum atomic E-state index is 6.12. The Labute approximate surface area is 131 Å². The van der Waals surface area contributed by atoms with Gasteiger partial charge in [-0.25, -0.2) is 0 Å². The number of hydrogen-bond acceptors (Lipinski definition) is 4. The van der Waals surface area contributed by atoms with Crippen LogP contribution >= 0.6 is 22.9 Å². The highest BCUT2D eigenvalue weighted by atomic mass is 35.5. The lowest BCUT2D eigenvalue weighted by Crippen LogP contribution is -1.99. The zero-order chi connectivity index (χ0) is 14.7. The first-order chi connectivity index (χ1) is 10.3. The van der Waals surface area contributed by atoms with Gasteiger partial charge < -0.3 is 10.1 Å². The molecule has 21 heavy (non-hydrogen) atoms. The number of anilines is 1. The Bertz CT molecular complexity index is 724. The second-order valence-corrected chi connectivity index (χ2v) is 5.81. The van der Waals surface area contributed by atoms with Crippen molar-refractivity contribution >= 4 is 28.6 Å². The van der Waals surface area contributed by atoms with E-state index in [9.17, 15) is 0 Å². The molecule has 6 heteroatoms. The number of H-pyrrole nitrogens is 1. The Morgan fingerprint density at radius 3 is 3.00 bits per heavy atom. The van der Waals surface area contributed by atoms with E-state index in [4.69, 9.17) is 16.3 Å². The maximum Gasteiger partial charge on any atom is 0.137 e. The van der Waals surface area contributed by atoms with Crippen molar-refractivity contribution in [3.63, 3.8) is 0 Å². The van der Waals surface area contributed by atoms with E-state index in [2.05, 4.69) is 27.0 Å². The number of methoxy groups -OCH3 is 1. The fraction of sp³-hybridized carbons (Fsp3) is 0.133. The number of nitrogens with one attached hydrogen (secondary N) is 2. The molecule has 0 aliphatic heterocycles. The predicted octanol–water partition coefficient (Wildman–Crippen LogP) is 4.41. The highest BCUT2D eigenvalue weighted by molar-refractivity contribution is 7.13. The fourth-order valence-electron chi connectivity index (χ4n) is 2.05. The lowest BCUT2D eigenvalue weighted by molar-refractivity contribution is 0.415. The number of nitrogens with zero attached hydrogens (tertiary/aromatic N) is 1. The number of ether oxygens (including phenoxy) is 1. The van der Waals surface area contributed by atoms with Crippen molar-refractivity contribution in [3.8, 4) is 16.3 Å². The Balaban J connectivity index is 1.74. The number of aromatic nitrogens is 2. The third-order valence-corrected chi connectivity index (χ3v) is 4.30. The Morgan fingerprint density at radius 2 is 2.29 bits per heavy atom. The van der Waals surface area contributed by atoms with Gasteiger partial charge in [0.15, 0.2) is 0 Å². The average Bonchev–Trinajstić information content (AvgIpc) is 3.16. The summed E-state index contributed by atoms with van der Waals surface area (Å²) in [6, 6.07) is 9.74. The van der Waals surface area contributed by atoms with Gasteiger partial charge in [0.2, 0.25) is 0 Å². The molecule has 0 bridgehead atoms. The summed E-state index contributed by atoms with van der Waals surface area (Å²) in [4.78, 5) is 1.18. The van der Waals surface area contributed by atoms with Crippen molar-refractivity contribution in [2.75, 3.05) is 12.4 Å². The minimum absolute atomic E-state index is 0.591. The van der Waals surface area contributed by atoms with E-state index in [1.54, 1.807) is 18.4 Å². The third-order valence-electron chi connectivity index (χ3n) is 3.12. The molecule has 0 amide bonds. The van der Waals surface area contributed by atoms with Crippen LogP contribution in [0.5, 0.6) is 5.75 Å². The van der Waals surface area contributed by atoms with E-state index in [0.717, 1.165) is 16.9 Å². The van der Waals surface area contributed by atoms with Gasteiger partial charge in [-0.3, -0.25) is 5.10 Å². The summed E-state index contributed by atoms with van der Waals surface area (Å²) in [5, 5.41) is 13.2. The largest absolute Gasteiger partial charge is 0.495 e. The van der Waals surface area contributed by atoms with Crippen LogP contribution in [0.15, 0.2) is 41.9 Å². The van der Waals surface area contributed by atoms with Gasteiger partial charge in [0.1, 0.15) is 5.75 Å². The average molecular weight is 320 g/mol. The van der Waals surface area contributed by atoms with E-state index >= 15 is 0 Å². The van der Waals surface area contributed by atoms with Crippen molar-refractivity contribution in [2.45, 2.75) is 6.54 Å². The lowest BCUT2D eigenvalue weighted by atomic mass is 10.2. The summed E-state index contributed by atoms with van der Waals surface area (Å²) in [5.41, 5.74) is 3.11. The SMILES string of the molecule is COc1ccc(NCc2cn[nH]c2-c2cccs2)cc1Cl. The molecule has 2 aromatic heterocycles.